The van der Waals surface area contributed by atoms with Gasteiger partial charge in [-0.1, -0.05) is 6.07 Å². The second-order valence-corrected chi connectivity index (χ2v) is 8.71. The molecule has 0 spiro atoms. The van der Waals surface area contributed by atoms with E-state index in [2.05, 4.69) is 5.10 Å². The van der Waals surface area contributed by atoms with Gasteiger partial charge in [-0.2, -0.15) is 5.10 Å². The number of hydrogen-bond donors (Lipinski definition) is 0. The van der Waals surface area contributed by atoms with Gasteiger partial charge in [0, 0.05) is 12.8 Å². The summed E-state index contributed by atoms with van der Waals surface area (Å²) in [5.74, 6) is -0.518. The average molecular weight is 364 g/mol. The molecule has 2 aliphatic rings. The van der Waals surface area contributed by atoms with Crippen molar-refractivity contribution >= 4 is 27.4 Å². The Balaban J connectivity index is 1.76. The van der Waals surface area contributed by atoms with E-state index in [0.29, 0.717) is 12.2 Å². The summed E-state index contributed by atoms with van der Waals surface area (Å²) in [7, 11) is -3.14. The maximum absolute atomic E-state index is 12.3. The van der Waals surface area contributed by atoms with Crippen molar-refractivity contribution in [3.8, 4) is 5.75 Å². The van der Waals surface area contributed by atoms with Crippen LogP contribution in [0.2, 0.25) is 0 Å². The third kappa shape index (κ3) is 3.89. The van der Waals surface area contributed by atoms with Crippen LogP contribution in [0.15, 0.2) is 23.3 Å². The maximum atomic E-state index is 12.3. The van der Waals surface area contributed by atoms with E-state index in [9.17, 15) is 18.0 Å². The van der Waals surface area contributed by atoms with Crippen LogP contribution in [0.5, 0.6) is 5.75 Å². The van der Waals surface area contributed by atoms with Gasteiger partial charge in [0.05, 0.1) is 17.5 Å². The van der Waals surface area contributed by atoms with E-state index in [1.807, 2.05) is 19.9 Å². The molecule has 1 fully saturated rings. The lowest BCUT2D eigenvalue weighted by molar-refractivity contribution is -0.134. The van der Waals surface area contributed by atoms with Crippen LogP contribution in [0.1, 0.15) is 30.4 Å². The molecule has 0 saturated carbocycles. The molecule has 1 saturated heterocycles. The number of benzene rings is 1. The second-order valence-electron chi connectivity index (χ2n) is 6.48. The molecule has 0 N–H and O–H groups in total. The first-order chi connectivity index (χ1) is 11.7. The summed E-state index contributed by atoms with van der Waals surface area (Å²) in [6, 6.07) is 4.83. The van der Waals surface area contributed by atoms with Gasteiger partial charge in [-0.3, -0.25) is 4.79 Å². The van der Waals surface area contributed by atoms with Crippen LogP contribution in [0, 0.1) is 13.8 Å². The van der Waals surface area contributed by atoms with Crippen LogP contribution in [-0.4, -0.2) is 48.6 Å². The molecule has 25 heavy (non-hydrogen) atoms. The van der Waals surface area contributed by atoms with Crippen LogP contribution in [-0.2, 0) is 19.4 Å². The van der Waals surface area contributed by atoms with Crippen LogP contribution in [0.4, 0.5) is 0 Å². The molecular formula is C17H20N2O5S. The third-order valence-corrected chi connectivity index (χ3v) is 6.29. The van der Waals surface area contributed by atoms with Crippen LogP contribution in [0.25, 0.3) is 0 Å². The lowest BCUT2D eigenvalue weighted by Crippen LogP contribution is -2.42. The van der Waals surface area contributed by atoms with Crippen molar-refractivity contribution in [2.24, 2.45) is 5.10 Å². The summed E-state index contributed by atoms with van der Waals surface area (Å²) in [4.78, 5) is 24.4. The summed E-state index contributed by atoms with van der Waals surface area (Å²) < 4.78 is 28.6. The molecule has 1 aromatic carbocycles. The first-order valence-corrected chi connectivity index (χ1v) is 9.97. The minimum atomic E-state index is -3.14. The summed E-state index contributed by atoms with van der Waals surface area (Å²) in [6.45, 7) is 3.89. The van der Waals surface area contributed by atoms with E-state index in [4.69, 9.17) is 4.74 Å². The monoisotopic (exact) mass is 364 g/mol. The second kappa shape index (κ2) is 6.59. The summed E-state index contributed by atoms with van der Waals surface area (Å²) in [5, 5.41) is 5.27. The highest BCUT2D eigenvalue weighted by Gasteiger charge is 2.37. The summed E-state index contributed by atoms with van der Waals surface area (Å²) in [6.07, 6.45) is 0.660. The molecule has 134 valence electrons. The number of sulfone groups is 1. The quantitative estimate of drug-likeness (QED) is 0.597. The Bertz CT molecular complexity index is 860. The number of ether oxygens (including phenoxy) is 1. The lowest BCUT2D eigenvalue weighted by Gasteiger charge is -2.27. The molecule has 7 nitrogen and oxygen atoms in total. The fourth-order valence-corrected chi connectivity index (χ4v) is 4.61. The highest BCUT2D eigenvalue weighted by molar-refractivity contribution is 7.91. The van der Waals surface area contributed by atoms with Gasteiger partial charge in [-0.25, -0.2) is 18.2 Å². The topological polar surface area (TPSA) is 93.1 Å². The molecule has 0 aromatic heterocycles. The molecule has 2 heterocycles. The molecule has 0 bridgehead atoms. The van der Waals surface area contributed by atoms with E-state index in [1.165, 1.54) is 0 Å². The highest BCUT2D eigenvalue weighted by Crippen LogP contribution is 2.23. The standard InChI is InChI=1S/C17H20N2O5S/c1-11-3-4-14(9-12(11)2)24-17(21)15-5-6-16(20)19(18-15)13-7-8-25(22,23)10-13/h3-4,9,13H,5-8,10H2,1-2H3/t13-/m0/s1. The van der Waals surface area contributed by atoms with Gasteiger partial charge in [0.2, 0.25) is 5.91 Å². The molecular weight excluding hydrogens is 344 g/mol. The number of hydrogen-bond acceptors (Lipinski definition) is 6. The predicted molar refractivity (Wildman–Crippen MR) is 92.1 cm³/mol. The molecule has 1 atom stereocenters. The van der Waals surface area contributed by atoms with Gasteiger partial charge in [-0.15, -0.1) is 0 Å². The third-order valence-electron chi connectivity index (χ3n) is 4.54. The molecule has 0 unspecified atom stereocenters. The fourth-order valence-electron chi connectivity index (χ4n) is 2.92. The molecule has 0 aliphatic carbocycles. The van der Waals surface area contributed by atoms with Crippen LogP contribution >= 0.6 is 0 Å². The Morgan fingerprint density at radius 1 is 1.24 bits per heavy atom. The average Bonchev–Trinajstić information content (AvgIpc) is 2.91. The molecule has 2 aliphatic heterocycles. The van der Waals surface area contributed by atoms with Gasteiger partial charge >= 0.3 is 5.97 Å². The van der Waals surface area contributed by atoms with Crippen molar-refractivity contribution in [1.29, 1.82) is 0 Å². The number of hydrazone groups is 1. The number of nitrogens with zero attached hydrogens (tertiary/aromatic N) is 2. The van der Waals surface area contributed by atoms with E-state index >= 15 is 0 Å². The largest absolute Gasteiger partial charge is 0.422 e. The predicted octanol–water partition coefficient (Wildman–Crippen LogP) is 1.37. The number of rotatable bonds is 3. The van der Waals surface area contributed by atoms with E-state index < -0.39 is 21.8 Å². The van der Waals surface area contributed by atoms with Gasteiger partial charge in [-0.05, 0) is 43.5 Å². The zero-order valence-corrected chi connectivity index (χ0v) is 15.0. The fraction of sp³-hybridized carbons (Fsp3) is 0.471. The van der Waals surface area contributed by atoms with Gasteiger partial charge in [0.15, 0.2) is 9.84 Å². The lowest BCUT2D eigenvalue weighted by atomic mass is 10.1. The van der Waals surface area contributed by atoms with E-state index in [0.717, 1.165) is 16.1 Å². The van der Waals surface area contributed by atoms with Crippen molar-refractivity contribution in [2.75, 3.05) is 11.5 Å². The SMILES string of the molecule is Cc1ccc(OC(=O)C2=NN([C@H]3CCS(=O)(=O)C3)C(=O)CC2)cc1C. The summed E-state index contributed by atoms with van der Waals surface area (Å²) >= 11 is 0. The Hall–Kier alpha value is -2.22. The molecule has 3 rings (SSSR count). The van der Waals surface area contributed by atoms with Crippen molar-refractivity contribution in [3.63, 3.8) is 0 Å². The minimum absolute atomic E-state index is 0.0411. The number of esters is 1. The zero-order valence-electron chi connectivity index (χ0n) is 14.2. The Kier molecular flexibility index (Phi) is 4.64. The number of amides is 1. The number of carbonyl (C=O) groups excluding carboxylic acids is 2. The van der Waals surface area contributed by atoms with Crippen LogP contribution in [0.3, 0.4) is 0 Å². The van der Waals surface area contributed by atoms with Gasteiger partial charge in [0.1, 0.15) is 11.5 Å². The van der Waals surface area contributed by atoms with Crippen molar-refractivity contribution in [1.82, 2.24) is 5.01 Å². The summed E-state index contributed by atoms with van der Waals surface area (Å²) in [5.41, 5.74) is 2.24. The Morgan fingerprint density at radius 3 is 2.64 bits per heavy atom. The molecule has 1 aromatic rings. The highest BCUT2D eigenvalue weighted by atomic mass is 32.2. The Morgan fingerprint density at radius 2 is 2.00 bits per heavy atom. The zero-order chi connectivity index (χ0) is 18.2. The van der Waals surface area contributed by atoms with Crippen molar-refractivity contribution in [3.05, 3.63) is 29.3 Å². The first kappa shape index (κ1) is 17.6. The molecule has 8 heteroatoms. The first-order valence-electron chi connectivity index (χ1n) is 8.14. The van der Waals surface area contributed by atoms with E-state index in [-0.39, 0.29) is 36.0 Å². The number of aryl methyl sites for hydroxylation is 2. The number of carbonyl (C=O) groups is 2. The van der Waals surface area contributed by atoms with Crippen molar-refractivity contribution in [2.45, 2.75) is 39.2 Å². The molecule has 0 radical (unpaired) electrons. The van der Waals surface area contributed by atoms with Gasteiger partial charge in [0.25, 0.3) is 0 Å². The van der Waals surface area contributed by atoms with Gasteiger partial charge < -0.3 is 4.74 Å². The van der Waals surface area contributed by atoms with Crippen molar-refractivity contribution < 1.29 is 22.7 Å². The molecule has 1 amide bonds. The minimum Gasteiger partial charge on any atom is -0.422 e. The normalized spacial score (nSPS) is 22.6. The van der Waals surface area contributed by atoms with Crippen LogP contribution < -0.4 is 4.74 Å². The smallest absolute Gasteiger partial charge is 0.359 e. The van der Waals surface area contributed by atoms with E-state index in [1.54, 1.807) is 12.1 Å². The maximum Gasteiger partial charge on any atom is 0.359 e. The Labute approximate surface area is 146 Å².